The van der Waals surface area contributed by atoms with Gasteiger partial charge >= 0.3 is 5.97 Å². The number of ether oxygens (including phenoxy) is 3. The smallest absolute Gasteiger partial charge is 0.305 e. The molecule has 0 saturated carbocycles. The van der Waals surface area contributed by atoms with Crippen molar-refractivity contribution in [3.63, 3.8) is 0 Å². The van der Waals surface area contributed by atoms with Gasteiger partial charge in [-0.2, -0.15) is 0 Å². The molecule has 2 rings (SSSR count). The highest BCUT2D eigenvalue weighted by atomic mass is 16.5. The molecule has 22 heavy (non-hydrogen) atoms. The maximum Gasteiger partial charge on any atom is 0.305 e. The Balaban J connectivity index is 2.23. The Morgan fingerprint density at radius 1 is 1.32 bits per heavy atom. The lowest BCUT2D eigenvalue weighted by Crippen LogP contribution is -2.49. The number of hydrogen-bond acceptors (Lipinski definition) is 5. The molecule has 120 valence electrons. The summed E-state index contributed by atoms with van der Waals surface area (Å²) in [7, 11) is 3.01. The summed E-state index contributed by atoms with van der Waals surface area (Å²) in [6.45, 7) is 0.992. The van der Waals surface area contributed by atoms with Crippen LogP contribution in [0.2, 0.25) is 0 Å². The lowest BCUT2D eigenvalue weighted by molar-refractivity contribution is -0.139. The summed E-state index contributed by atoms with van der Waals surface area (Å²) >= 11 is 0. The molecule has 1 aliphatic heterocycles. The average molecular weight is 309 g/mol. The second kappa shape index (κ2) is 7.13. The molecule has 1 fully saturated rings. The average Bonchev–Trinajstić information content (AvgIpc) is 2.53. The highest BCUT2D eigenvalue weighted by Gasteiger charge is 2.30. The van der Waals surface area contributed by atoms with Crippen molar-refractivity contribution in [2.45, 2.75) is 12.5 Å². The van der Waals surface area contributed by atoms with Crippen molar-refractivity contribution in [2.75, 3.05) is 34.0 Å². The van der Waals surface area contributed by atoms with Crippen LogP contribution in [0.3, 0.4) is 0 Å². The first-order chi connectivity index (χ1) is 10.6. The van der Waals surface area contributed by atoms with E-state index in [0.717, 1.165) is 0 Å². The van der Waals surface area contributed by atoms with Crippen LogP contribution in [0.15, 0.2) is 18.2 Å². The first-order valence-electron chi connectivity index (χ1n) is 6.89. The summed E-state index contributed by atoms with van der Waals surface area (Å²) in [6, 6.07) is 4.41. The third-order valence-corrected chi connectivity index (χ3v) is 3.53. The topological polar surface area (TPSA) is 85.3 Å². The number of nitrogens with zero attached hydrogens (tertiary/aromatic N) is 1. The zero-order chi connectivity index (χ0) is 16.1. The quantitative estimate of drug-likeness (QED) is 0.874. The summed E-state index contributed by atoms with van der Waals surface area (Å²) in [5.41, 5.74) is 0.426. The van der Waals surface area contributed by atoms with Crippen molar-refractivity contribution in [2.24, 2.45) is 0 Å². The molecule has 7 heteroatoms. The summed E-state index contributed by atoms with van der Waals surface area (Å²) in [6.07, 6.45) is -0.140. The molecular weight excluding hydrogens is 290 g/mol. The van der Waals surface area contributed by atoms with Crippen molar-refractivity contribution in [1.29, 1.82) is 0 Å². The van der Waals surface area contributed by atoms with Gasteiger partial charge in [0.25, 0.3) is 5.91 Å². The third-order valence-electron chi connectivity index (χ3n) is 3.53. The van der Waals surface area contributed by atoms with Gasteiger partial charge in [-0.25, -0.2) is 0 Å². The molecule has 7 nitrogen and oxygen atoms in total. The molecule has 1 heterocycles. The summed E-state index contributed by atoms with van der Waals surface area (Å²) < 4.78 is 15.6. The van der Waals surface area contributed by atoms with Crippen LogP contribution in [-0.4, -0.2) is 61.9 Å². The molecular formula is C15H19NO6. The van der Waals surface area contributed by atoms with Crippen LogP contribution in [0.4, 0.5) is 0 Å². The fraction of sp³-hybridized carbons (Fsp3) is 0.467. The Labute approximate surface area is 128 Å². The van der Waals surface area contributed by atoms with Crippen LogP contribution in [0, 0.1) is 0 Å². The van der Waals surface area contributed by atoms with E-state index in [1.54, 1.807) is 23.1 Å². The van der Waals surface area contributed by atoms with Gasteiger partial charge in [-0.1, -0.05) is 0 Å². The number of aliphatic carboxylic acids is 1. The largest absolute Gasteiger partial charge is 0.493 e. The summed E-state index contributed by atoms with van der Waals surface area (Å²) in [5.74, 6) is -0.212. The predicted octanol–water partition coefficient (Wildman–Crippen LogP) is 1.02. The Morgan fingerprint density at radius 2 is 2.05 bits per heavy atom. The van der Waals surface area contributed by atoms with E-state index in [1.165, 1.54) is 14.2 Å². The van der Waals surface area contributed by atoms with Crippen molar-refractivity contribution in [3.05, 3.63) is 23.8 Å². The molecule has 1 atom stereocenters. The number of carboxylic acid groups (broad SMARTS) is 1. The van der Waals surface area contributed by atoms with Gasteiger partial charge in [-0.3, -0.25) is 9.59 Å². The minimum atomic E-state index is -0.958. The van der Waals surface area contributed by atoms with E-state index < -0.39 is 12.0 Å². The highest BCUT2D eigenvalue weighted by molar-refractivity contribution is 5.95. The number of rotatable bonds is 5. The molecule has 1 N–H and O–H groups in total. The fourth-order valence-corrected chi connectivity index (χ4v) is 2.43. The third kappa shape index (κ3) is 3.48. The number of benzene rings is 1. The maximum absolute atomic E-state index is 12.6. The van der Waals surface area contributed by atoms with E-state index >= 15 is 0 Å². The predicted molar refractivity (Wildman–Crippen MR) is 77.4 cm³/mol. The second-order valence-electron chi connectivity index (χ2n) is 4.89. The molecule has 0 aliphatic carbocycles. The number of carbonyl (C=O) groups is 2. The van der Waals surface area contributed by atoms with Gasteiger partial charge in [0.15, 0.2) is 11.5 Å². The molecule has 1 aromatic carbocycles. The summed E-state index contributed by atoms with van der Waals surface area (Å²) in [4.78, 5) is 25.1. The highest BCUT2D eigenvalue weighted by Crippen LogP contribution is 2.28. The number of carbonyl (C=O) groups excluding carboxylic acids is 1. The molecule has 1 aromatic rings. The number of methoxy groups -OCH3 is 2. The van der Waals surface area contributed by atoms with Crippen LogP contribution < -0.4 is 9.47 Å². The number of carboxylic acids is 1. The monoisotopic (exact) mass is 309 g/mol. The lowest BCUT2D eigenvalue weighted by atomic mass is 10.1. The van der Waals surface area contributed by atoms with Crippen LogP contribution >= 0.6 is 0 Å². The van der Waals surface area contributed by atoms with Gasteiger partial charge < -0.3 is 24.2 Å². The second-order valence-corrected chi connectivity index (χ2v) is 4.89. The Bertz CT molecular complexity index is 559. The molecule has 0 radical (unpaired) electrons. The Morgan fingerprint density at radius 3 is 2.68 bits per heavy atom. The van der Waals surface area contributed by atoms with Gasteiger partial charge in [-0.05, 0) is 18.2 Å². The summed E-state index contributed by atoms with van der Waals surface area (Å²) in [5, 5.41) is 8.96. The molecule has 1 saturated heterocycles. The van der Waals surface area contributed by atoms with Gasteiger partial charge in [-0.15, -0.1) is 0 Å². The molecule has 1 aliphatic rings. The minimum absolute atomic E-state index is 0.140. The van der Waals surface area contributed by atoms with Crippen molar-refractivity contribution in [3.8, 4) is 11.5 Å². The number of morpholine rings is 1. The van der Waals surface area contributed by atoms with Gasteiger partial charge in [0.05, 0.1) is 39.9 Å². The van der Waals surface area contributed by atoms with Crippen molar-refractivity contribution >= 4 is 11.9 Å². The van der Waals surface area contributed by atoms with Gasteiger partial charge in [0.2, 0.25) is 0 Å². The minimum Gasteiger partial charge on any atom is -0.493 e. The first kappa shape index (κ1) is 16.1. The fourth-order valence-electron chi connectivity index (χ4n) is 2.43. The van der Waals surface area contributed by atoms with Crippen LogP contribution in [0.1, 0.15) is 16.8 Å². The van der Waals surface area contributed by atoms with Crippen LogP contribution in [0.5, 0.6) is 11.5 Å². The van der Waals surface area contributed by atoms with E-state index in [-0.39, 0.29) is 18.9 Å². The molecule has 0 aromatic heterocycles. The number of amides is 1. The van der Waals surface area contributed by atoms with Crippen LogP contribution in [0.25, 0.3) is 0 Å². The molecule has 1 amide bonds. The van der Waals surface area contributed by atoms with E-state index in [2.05, 4.69) is 0 Å². The Kier molecular flexibility index (Phi) is 5.21. The van der Waals surface area contributed by atoms with E-state index in [0.29, 0.717) is 30.2 Å². The number of hydrogen-bond donors (Lipinski definition) is 1. The molecule has 1 unspecified atom stereocenters. The van der Waals surface area contributed by atoms with E-state index in [9.17, 15) is 9.59 Å². The standard InChI is InChI=1S/C15H19NO6/c1-20-12-4-3-10(7-13(12)21-2)15(19)16-5-6-22-9-11(16)8-14(17)18/h3-4,7,11H,5-6,8-9H2,1-2H3,(H,17,18). The van der Waals surface area contributed by atoms with Gasteiger partial charge in [0.1, 0.15) is 0 Å². The zero-order valence-corrected chi connectivity index (χ0v) is 12.6. The SMILES string of the molecule is COc1ccc(C(=O)N2CCOCC2CC(=O)O)cc1OC. The molecule has 0 bridgehead atoms. The van der Waals surface area contributed by atoms with Crippen molar-refractivity contribution < 1.29 is 28.9 Å². The van der Waals surface area contributed by atoms with Crippen LogP contribution in [-0.2, 0) is 9.53 Å². The molecule has 0 spiro atoms. The van der Waals surface area contributed by atoms with E-state index in [1.807, 2.05) is 0 Å². The van der Waals surface area contributed by atoms with Crippen molar-refractivity contribution in [1.82, 2.24) is 4.90 Å². The zero-order valence-electron chi connectivity index (χ0n) is 12.6. The lowest BCUT2D eigenvalue weighted by Gasteiger charge is -2.35. The normalized spacial score (nSPS) is 17.9. The maximum atomic E-state index is 12.6. The Hall–Kier alpha value is -2.28. The van der Waals surface area contributed by atoms with E-state index in [4.69, 9.17) is 19.3 Å². The van der Waals surface area contributed by atoms with Gasteiger partial charge in [0, 0.05) is 12.1 Å². The first-order valence-corrected chi connectivity index (χ1v) is 6.89.